The van der Waals surface area contributed by atoms with Crippen molar-refractivity contribution in [1.29, 1.82) is 0 Å². The Morgan fingerprint density at radius 2 is 1.33 bits per heavy atom. The van der Waals surface area contributed by atoms with Crippen molar-refractivity contribution in [3.8, 4) is 11.3 Å². The topological polar surface area (TPSA) is 60.2 Å². The molecule has 0 aliphatic rings. The van der Waals surface area contributed by atoms with Crippen LogP contribution in [0.1, 0.15) is 16.1 Å². The highest BCUT2D eigenvalue weighted by Crippen LogP contribution is 2.27. The van der Waals surface area contributed by atoms with Crippen LogP contribution in [0.3, 0.4) is 0 Å². The van der Waals surface area contributed by atoms with Gasteiger partial charge in [0.25, 0.3) is 0 Å². The first-order valence-corrected chi connectivity index (χ1v) is 10.3. The fourth-order valence-corrected chi connectivity index (χ4v) is 4.04. The van der Waals surface area contributed by atoms with Gasteiger partial charge in [-0.15, -0.1) is 10.2 Å². The molecule has 0 aliphatic heterocycles. The third-order valence-corrected chi connectivity index (χ3v) is 5.54. The van der Waals surface area contributed by atoms with E-state index in [0.717, 1.165) is 22.3 Å². The van der Waals surface area contributed by atoms with Gasteiger partial charge in [0.1, 0.15) is 5.01 Å². The number of nitrogens with zero attached hydrogens (tertiary/aromatic N) is 4. The summed E-state index contributed by atoms with van der Waals surface area (Å²) in [4.78, 5) is 13.4. The van der Waals surface area contributed by atoms with Crippen LogP contribution in [0.25, 0.3) is 27.9 Å². The molecule has 0 bridgehead atoms. The third kappa shape index (κ3) is 3.44. The lowest BCUT2D eigenvalue weighted by Crippen LogP contribution is -2.19. The van der Waals surface area contributed by atoms with E-state index in [9.17, 15) is 4.79 Å². The first-order chi connectivity index (χ1) is 14.8. The van der Waals surface area contributed by atoms with Crippen LogP contribution < -0.4 is 5.56 Å². The van der Waals surface area contributed by atoms with Gasteiger partial charge in [0.2, 0.25) is 4.96 Å². The lowest BCUT2D eigenvalue weighted by Gasteiger charge is -2.07. The van der Waals surface area contributed by atoms with Gasteiger partial charge in [-0.2, -0.15) is 9.61 Å². The monoisotopic (exact) mass is 408 g/mol. The van der Waals surface area contributed by atoms with Crippen molar-refractivity contribution >= 4 is 27.9 Å². The highest BCUT2D eigenvalue weighted by Gasteiger charge is 2.14. The average Bonchev–Trinajstić information content (AvgIpc) is 3.23. The summed E-state index contributed by atoms with van der Waals surface area (Å²) in [5.74, 6) is 0. The van der Waals surface area contributed by atoms with E-state index >= 15 is 0 Å². The summed E-state index contributed by atoms with van der Waals surface area (Å²) in [6, 6.07) is 29.6. The molecule has 0 radical (unpaired) electrons. The molecule has 0 saturated heterocycles. The van der Waals surface area contributed by atoms with Gasteiger partial charge in [0.05, 0.1) is 0 Å². The maximum atomic E-state index is 13.0. The van der Waals surface area contributed by atoms with Gasteiger partial charge in [-0.1, -0.05) is 102 Å². The first-order valence-electron chi connectivity index (χ1n) is 9.44. The van der Waals surface area contributed by atoms with Crippen molar-refractivity contribution < 1.29 is 0 Å². The smallest absolute Gasteiger partial charge is 0.265 e. The molecule has 0 spiro atoms. The van der Waals surface area contributed by atoms with Gasteiger partial charge in [-0.05, 0) is 22.8 Å². The lowest BCUT2D eigenvalue weighted by molar-refractivity contribution is 0.856. The number of benzene rings is 3. The first kappa shape index (κ1) is 18.1. The van der Waals surface area contributed by atoms with E-state index in [1.807, 2.05) is 72.8 Å². The minimum atomic E-state index is -0.275. The Hall–Kier alpha value is -3.90. The molecule has 30 heavy (non-hydrogen) atoms. The molecule has 0 aliphatic carbocycles. The van der Waals surface area contributed by atoms with Gasteiger partial charge >= 0.3 is 5.56 Å². The molecule has 6 heteroatoms. The van der Waals surface area contributed by atoms with Crippen LogP contribution in [0.4, 0.5) is 0 Å². The van der Waals surface area contributed by atoms with Crippen molar-refractivity contribution in [3.63, 3.8) is 0 Å². The van der Waals surface area contributed by atoms with Gasteiger partial charge in [-0.25, -0.2) is 0 Å². The van der Waals surface area contributed by atoms with Crippen molar-refractivity contribution in [1.82, 2.24) is 19.8 Å². The Morgan fingerprint density at radius 3 is 1.93 bits per heavy atom. The fraction of sp³-hybridized carbons (Fsp3) is 0. The maximum Gasteiger partial charge on any atom is 0.302 e. The van der Waals surface area contributed by atoms with E-state index in [2.05, 4.69) is 39.6 Å². The van der Waals surface area contributed by atoms with Crippen LogP contribution in [0.2, 0.25) is 0 Å². The molecule has 5 aromatic rings. The molecule has 0 amide bonds. The summed E-state index contributed by atoms with van der Waals surface area (Å²) in [5, 5.41) is 13.6. The van der Waals surface area contributed by atoms with Crippen molar-refractivity contribution in [2.24, 2.45) is 0 Å². The highest BCUT2D eigenvalue weighted by atomic mass is 32.1. The van der Waals surface area contributed by atoms with Crippen LogP contribution >= 0.6 is 11.3 Å². The zero-order valence-corrected chi connectivity index (χ0v) is 16.7. The van der Waals surface area contributed by atoms with Crippen LogP contribution in [0, 0.1) is 0 Å². The Bertz CT molecular complexity index is 1350. The number of hydrogen-bond acceptors (Lipinski definition) is 5. The third-order valence-electron chi connectivity index (χ3n) is 4.69. The normalized spacial score (nSPS) is 10.8. The molecule has 144 valence electrons. The van der Waals surface area contributed by atoms with E-state index in [0.29, 0.717) is 15.7 Å². The molecule has 0 saturated carbocycles. The van der Waals surface area contributed by atoms with Crippen molar-refractivity contribution in [3.05, 3.63) is 117 Å². The molecule has 0 fully saturated rings. The van der Waals surface area contributed by atoms with E-state index < -0.39 is 0 Å². The van der Waals surface area contributed by atoms with Crippen LogP contribution in [-0.2, 0) is 0 Å². The second-order valence-electron chi connectivity index (χ2n) is 6.64. The van der Waals surface area contributed by atoms with Crippen LogP contribution in [0.15, 0.2) is 95.8 Å². The average molecular weight is 408 g/mol. The molecule has 0 unspecified atom stereocenters. The summed E-state index contributed by atoms with van der Waals surface area (Å²) >= 11 is 1.33. The highest BCUT2D eigenvalue weighted by molar-refractivity contribution is 7.17. The Kier molecular flexibility index (Phi) is 4.75. The SMILES string of the molecule is O=c1c(-c2ccccc2)nnc2sc(C=C(c3ccccc3)c3ccccc3)nn12. The van der Waals surface area contributed by atoms with E-state index in [1.54, 1.807) is 0 Å². The quantitative estimate of drug-likeness (QED) is 0.428. The second kappa shape index (κ2) is 7.85. The van der Waals surface area contributed by atoms with Gasteiger partial charge < -0.3 is 0 Å². The van der Waals surface area contributed by atoms with Gasteiger partial charge in [-0.3, -0.25) is 4.79 Å². The van der Waals surface area contributed by atoms with Crippen molar-refractivity contribution in [2.45, 2.75) is 0 Å². The molecule has 0 N–H and O–H groups in total. The predicted molar refractivity (Wildman–Crippen MR) is 120 cm³/mol. The fourth-order valence-electron chi connectivity index (χ4n) is 3.26. The number of hydrogen-bond donors (Lipinski definition) is 0. The number of aromatic nitrogens is 4. The molecule has 2 aromatic heterocycles. The van der Waals surface area contributed by atoms with Crippen LogP contribution in [-0.4, -0.2) is 19.8 Å². The van der Waals surface area contributed by atoms with Gasteiger partial charge in [0.15, 0.2) is 5.69 Å². The second-order valence-corrected chi connectivity index (χ2v) is 7.63. The molecule has 0 atom stereocenters. The Balaban J connectivity index is 1.65. The summed E-state index contributed by atoms with van der Waals surface area (Å²) in [6.45, 7) is 0. The minimum Gasteiger partial charge on any atom is -0.265 e. The van der Waals surface area contributed by atoms with Crippen LogP contribution in [0.5, 0.6) is 0 Å². The maximum absolute atomic E-state index is 13.0. The zero-order chi connectivity index (χ0) is 20.3. The molecule has 2 heterocycles. The van der Waals surface area contributed by atoms with E-state index in [1.165, 1.54) is 15.9 Å². The number of rotatable bonds is 4. The summed E-state index contributed by atoms with van der Waals surface area (Å²) in [7, 11) is 0. The molecule has 5 nitrogen and oxygen atoms in total. The lowest BCUT2D eigenvalue weighted by atomic mass is 9.98. The number of fused-ring (bicyclic) bond motifs is 1. The Morgan fingerprint density at radius 1 is 0.767 bits per heavy atom. The largest absolute Gasteiger partial charge is 0.302 e. The summed E-state index contributed by atoms with van der Waals surface area (Å²) in [6.07, 6.45) is 1.99. The Labute approximate surface area is 176 Å². The molecule has 3 aromatic carbocycles. The summed E-state index contributed by atoms with van der Waals surface area (Å²) < 4.78 is 1.33. The van der Waals surface area contributed by atoms with Gasteiger partial charge in [0, 0.05) is 5.56 Å². The zero-order valence-electron chi connectivity index (χ0n) is 15.8. The molecule has 5 rings (SSSR count). The van der Waals surface area contributed by atoms with E-state index in [4.69, 9.17) is 0 Å². The predicted octanol–water partition coefficient (Wildman–Crippen LogP) is 4.80. The molecular weight excluding hydrogens is 392 g/mol. The standard InChI is InChI=1S/C24H16N4OS/c29-23-22(19-14-8-3-9-15-19)25-26-24-28(23)27-21(30-24)16-20(17-10-4-1-5-11-17)18-12-6-2-7-13-18/h1-16H. The molecular formula is C24H16N4OS. The summed E-state index contributed by atoms with van der Waals surface area (Å²) in [5.41, 5.74) is 3.92. The van der Waals surface area contributed by atoms with E-state index in [-0.39, 0.29) is 5.56 Å². The van der Waals surface area contributed by atoms with Crippen molar-refractivity contribution in [2.75, 3.05) is 0 Å². The minimum absolute atomic E-state index is 0.275.